The van der Waals surface area contributed by atoms with Gasteiger partial charge < -0.3 is 20.1 Å². The maximum atomic E-state index is 11.6. The van der Waals surface area contributed by atoms with Crippen molar-refractivity contribution < 1.29 is 24.2 Å². The molecule has 7 nitrogen and oxygen atoms in total. The van der Waals surface area contributed by atoms with Gasteiger partial charge in [-0.2, -0.15) is 0 Å². The van der Waals surface area contributed by atoms with Gasteiger partial charge in [0.05, 0.1) is 12.0 Å². The molecule has 7 heteroatoms. The highest BCUT2D eigenvalue weighted by molar-refractivity contribution is 5.84. The number of rotatable bonds is 6. The Kier molecular flexibility index (Phi) is 5.29. The second-order valence-electron chi connectivity index (χ2n) is 5.15. The first-order valence-electron chi connectivity index (χ1n) is 6.18. The van der Waals surface area contributed by atoms with Gasteiger partial charge in [-0.3, -0.25) is 14.4 Å². The molecule has 0 unspecified atom stereocenters. The van der Waals surface area contributed by atoms with E-state index in [1.54, 1.807) is 4.90 Å². The van der Waals surface area contributed by atoms with Gasteiger partial charge in [0, 0.05) is 26.1 Å². The molecule has 0 spiro atoms. The minimum Gasteiger partial charge on any atom is -0.481 e. The Morgan fingerprint density at radius 2 is 2.16 bits per heavy atom. The molecule has 1 heterocycles. The normalized spacial score (nSPS) is 16.3. The molecule has 0 radical (unpaired) electrons. The average Bonchev–Trinajstić information content (AvgIpc) is 2.30. The SMILES string of the molecule is CC(C)(CC(=O)NCCN1CCOCC1=O)C(=O)O. The standard InChI is InChI=1S/C12H20N2O5/c1-12(2,11(17)18)7-9(15)13-3-4-14-5-6-19-8-10(14)16/h3-8H2,1-2H3,(H,13,15)(H,17,18). The molecule has 2 N–H and O–H groups in total. The van der Waals surface area contributed by atoms with Crippen LogP contribution in [0.2, 0.25) is 0 Å². The molecule has 1 aliphatic heterocycles. The van der Waals surface area contributed by atoms with Gasteiger partial charge in [-0.1, -0.05) is 0 Å². The maximum Gasteiger partial charge on any atom is 0.309 e. The maximum absolute atomic E-state index is 11.6. The molecule has 2 amide bonds. The molecule has 1 saturated heterocycles. The zero-order valence-corrected chi connectivity index (χ0v) is 11.3. The van der Waals surface area contributed by atoms with Crippen LogP contribution in [-0.2, 0) is 19.1 Å². The smallest absolute Gasteiger partial charge is 0.309 e. The lowest BCUT2D eigenvalue weighted by Crippen LogP contribution is -2.45. The summed E-state index contributed by atoms with van der Waals surface area (Å²) < 4.78 is 4.99. The molecular weight excluding hydrogens is 252 g/mol. The topological polar surface area (TPSA) is 95.9 Å². The molecule has 1 fully saturated rings. The van der Waals surface area contributed by atoms with Crippen LogP contribution in [0.25, 0.3) is 0 Å². The van der Waals surface area contributed by atoms with Gasteiger partial charge in [-0.05, 0) is 13.8 Å². The van der Waals surface area contributed by atoms with Crippen molar-refractivity contribution in [3.63, 3.8) is 0 Å². The summed E-state index contributed by atoms with van der Waals surface area (Å²) in [6.07, 6.45) is -0.0839. The zero-order chi connectivity index (χ0) is 14.5. The fourth-order valence-corrected chi connectivity index (χ4v) is 1.66. The number of ether oxygens (including phenoxy) is 1. The van der Waals surface area contributed by atoms with Gasteiger partial charge in [-0.15, -0.1) is 0 Å². The van der Waals surface area contributed by atoms with Gasteiger partial charge in [0.1, 0.15) is 6.61 Å². The number of carboxylic acid groups (broad SMARTS) is 1. The lowest BCUT2D eigenvalue weighted by atomic mass is 9.89. The van der Waals surface area contributed by atoms with E-state index in [1.165, 1.54) is 13.8 Å². The van der Waals surface area contributed by atoms with Crippen molar-refractivity contribution in [3.8, 4) is 0 Å². The Balaban J connectivity index is 2.27. The second kappa shape index (κ2) is 6.51. The van der Waals surface area contributed by atoms with Gasteiger partial charge >= 0.3 is 5.97 Å². The highest BCUT2D eigenvalue weighted by Crippen LogP contribution is 2.19. The third-order valence-electron chi connectivity index (χ3n) is 2.97. The van der Waals surface area contributed by atoms with E-state index in [0.29, 0.717) is 26.2 Å². The summed E-state index contributed by atoms with van der Waals surface area (Å²) in [5, 5.41) is 11.5. The number of carbonyl (C=O) groups is 3. The molecule has 108 valence electrons. The number of aliphatic carboxylic acids is 1. The Morgan fingerprint density at radius 1 is 1.47 bits per heavy atom. The summed E-state index contributed by atoms with van der Waals surface area (Å²) in [5.41, 5.74) is -1.08. The van der Waals surface area contributed by atoms with E-state index in [2.05, 4.69) is 5.32 Å². The van der Waals surface area contributed by atoms with Crippen molar-refractivity contribution in [1.29, 1.82) is 0 Å². The fourth-order valence-electron chi connectivity index (χ4n) is 1.66. The third kappa shape index (κ3) is 4.86. The monoisotopic (exact) mass is 272 g/mol. The number of nitrogens with zero attached hydrogens (tertiary/aromatic N) is 1. The molecular formula is C12H20N2O5. The predicted molar refractivity (Wildman–Crippen MR) is 66.4 cm³/mol. The number of hydrogen-bond acceptors (Lipinski definition) is 4. The van der Waals surface area contributed by atoms with Crippen LogP contribution in [0.5, 0.6) is 0 Å². The van der Waals surface area contributed by atoms with E-state index in [0.717, 1.165) is 0 Å². The number of carbonyl (C=O) groups excluding carboxylic acids is 2. The molecule has 19 heavy (non-hydrogen) atoms. The summed E-state index contributed by atoms with van der Waals surface area (Å²) in [7, 11) is 0. The Labute approximate surface area is 111 Å². The molecule has 1 rings (SSSR count). The second-order valence-corrected chi connectivity index (χ2v) is 5.15. The van der Waals surface area contributed by atoms with Crippen LogP contribution in [0.1, 0.15) is 20.3 Å². The van der Waals surface area contributed by atoms with E-state index < -0.39 is 11.4 Å². The lowest BCUT2D eigenvalue weighted by molar-refractivity contribution is -0.149. The van der Waals surface area contributed by atoms with Crippen molar-refractivity contribution in [1.82, 2.24) is 10.2 Å². The van der Waals surface area contributed by atoms with E-state index in [9.17, 15) is 14.4 Å². The first kappa shape index (κ1) is 15.4. The van der Waals surface area contributed by atoms with Crippen LogP contribution in [0.4, 0.5) is 0 Å². The van der Waals surface area contributed by atoms with E-state index in [-0.39, 0.29) is 24.8 Å². The summed E-state index contributed by atoms with van der Waals surface area (Å²) >= 11 is 0. The van der Waals surface area contributed by atoms with Crippen LogP contribution in [0.3, 0.4) is 0 Å². The number of carboxylic acids is 1. The minimum atomic E-state index is -1.08. The minimum absolute atomic E-state index is 0.0833. The van der Waals surface area contributed by atoms with E-state index in [4.69, 9.17) is 9.84 Å². The van der Waals surface area contributed by atoms with Crippen molar-refractivity contribution in [2.45, 2.75) is 20.3 Å². The van der Waals surface area contributed by atoms with Crippen LogP contribution in [0.15, 0.2) is 0 Å². The molecule has 0 aliphatic carbocycles. The number of hydrogen-bond donors (Lipinski definition) is 2. The largest absolute Gasteiger partial charge is 0.481 e. The van der Waals surface area contributed by atoms with Crippen molar-refractivity contribution in [2.24, 2.45) is 5.41 Å². The van der Waals surface area contributed by atoms with Crippen LogP contribution < -0.4 is 5.32 Å². The highest BCUT2D eigenvalue weighted by Gasteiger charge is 2.30. The summed E-state index contributed by atoms with van der Waals surface area (Å²) in [6, 6.07) is 0. The van der Waals surface area contributed by atoms with Crippen molar-refractivity contribution in [3.05, 3.63) is 0 Å². The molecule has 0 aromatic rings. The van der Waals surface area contributed by atoms with Gasteiger partial charge in [0.2, 0.25) is 11.8 Å². The van der Waals surface area contributed by atoms with Crippen LogP contribution in [-0.4, -0.2) is 60.6 Å². The molecule has 1 aliphatic rings. The molecule has 0 aromatic carbocycles. The number of nitrogens with one attached hydrogen (secondary N) is 1. The number of amides is 2. The lowest BCUT2D eigenvalue weighted by Gasteiger charge is -2.27. The zero-order valence-electron chi connectivity index (χ0n) is 11.3. The highest BCUT2D eigenvalue weighted by atomic mass is 16.5. The first-order chi connectivity index (χ1) is 8.83. The van der Waals surface area contributed by atoms with Crippen LogP contribution in [0, 0.1) is 5.41 Å². The summed E-state index contributed by atoms with van der Waals surface area (Å²) in [6.45, 7) is 4.85. The van der Waals surface area contributed by atoms with Gasteiger partial charge in [0.25, 0.3) is 0 Å². The van der Waals surface area contributed by atoms with Crippen molar-refractivity contribution in [2.75, 3.05) is 32.8 Å². The number of morpholine rings is 1. The molecule has 0 bridgehead atoms. The van der Waals surface area contributed by atoms with Gasteiger partial charge in [0.15, 0.2) is 0 Å². The fraction of sp³-hybridized carbons (Fsp3) is 0.750. The summed E-state index contributed by atoms with van der Waals surface area (Å²) in [5.74, 6) is -1.43. The molecule has 0 atom stereocenters. The predicted octanol–water partition coefficient (Wildman–Crippen LogP) is -0.538. The Bertz CT molecular complexity index is 367. The Morgan fingerprint density at radius 3 is 2.74 bits per heavy atom. The molecule has 0 aromatic heterocycles. The summed E-state index contributed by atoms with van der Waals surface area (Å²) in [4.78, 5) is 35.5. The average molecular weight is 272 g/mol. The van der Waals surface area contributed by atoms with E-state index >= 15 is 0 Å². The van der Waals surface area contributed by atoms with Gasteiger partial charge in [-0.25, -0.2) is 0 Å². The first-order valence-corrected chi connectivity index (χ1v) is 6.18. The molecule has 0 saturated carbocycles. The third-order valence-corrected chi connectivity index (χ3v) is 2.97. The van der Waals surface area contributed by atoms with Crippen LogP contribution >= 0.6 is 0 Å². The quantitative estimate of drug-likeness (QED) is 0.677. The van der Waals surface area contributed by atoms with E-state index in [1.807, 2.05) is 0 Å². The Hall–Kier alpha value is -1.63. The van der Waals surface area contributed by atoms with Crippen molar-refractivity contribution >= 4 is 17.8 Å².